The van der Waals surface area contributed by atoms with Gasteiger partial charge < -0.3 is 10.1 Å². The Kier molecular flexibility index (Phi) is 4.57. The number of hydrogen-bond donors (Lipinski definition) is 1. The van der Waals surface area contributed by atoms with Crippen molar-refractivity contribution in [2.75, 3.05) is 13.7 Å². The highest BCUT2D eigenvalue weighted by Crippen LogP contribution is 2.27. The number of para-hydroxylation sites is 1. The molecule has 0 aliphatic rings. The Balaban J connectivity index is 2.15. The van der Waals surface area contributed by atoms with Crippen molar-refractivity contribution in [3.8, 4) is 17.0 Å². The first-order chi connectivity index (χ1) is 11.7. The molecule has 3 aromatic rings. The molecule has 0 aliphatic heterocycles. The van der Waals surface area contributed by atoms with Crippen LogP contribution in [0.5, 0.6) is 5.75 Å². The highest BCUT2D eigenvalue weighted by molar-refractivity contribution is 6.07. The Morgan fingerprint density at radius 1 is 1.21 bits per heavy atom. The van der Waals surface area contributed by atoms with Gasteiger partial charge in [0.2, 0.25) is 0 Å². The van der Waals surface area contributed by atoms with E-state index in [1.54, 1.807) is 13.2 Å². The lowest BCUT2D eigenvalue weighted by Crippen LogP contribution is -2.23. The maximum Gasteiger partial charge on any atom is 0.252 e. The van der Waals surface area contributed by atoms with E-state index in [4.69, 9.17) is 4.74 Å². The molecule has 1 heterocycles. The Morgan fingerprint density at radius 2 is 2.04 bits per heavy atom. The first-order valence-electron chi connectivity index (χ1n) is 7.66. The zero-order valence-corrected chi connectivity index (χ0v) is 13.5. The summed E-state index contributed by atoms with van der Waals surface area (Å²) in [5.41, 5.74) is 3.01. The second-order valence-electron chi connectivity index (χ2n) is 5.30. The Hall–Kier alpha value is -3.14. The van der Waals surface area contributed by atoms with E-state index in [2.05, 4.69) is 16.9 Å². The number of carbonyl (C=O) groups excluding carboxylic acids is 1. The van der Waals surface area contributed by atoms with E-state index in [-0.39, 0.29) is 5.91 Å². The smallest absolute Gasteiger partial charge is 0.252 e. The van der Waals surface area contributed by atoms with Crippen LogP contribution in [0.15, 0.2) is 67.3 Å². The van der Waals surface area contributed by atoms with Crippen LogP contribution in [0.1, 0.15) is 10.4 Å². The van der Waals surface area contributed by atoms with Gasteiger partial charge >= 0.3 is 0 Å². The monoisotopic (exact) mass is 318 g/mol. The predicted molar refractivity (Wildman–Crippen MR) is 96.3 cm³/mol. The molecule has 0 spiro atoms. The van der Waals surface area contributed by atoms with Crippen molar-refractivity contribution in [3.63, 3.8) is 0 Å². The van der Waals surface area contributed by atoms with Crippen LogP contribution in [0.4, 0.5) is 0 Å². The van der Waals surface area contributed by atoms with E-state index in [0.717, 1.165) is 27.9 Å². The zero-order chi connectivity index (χ0) is 16.9. The highest BCUT2D eigenvalue weighted by Gasteiger charge is 2.13. The average molecular weight is 318 g/mol. The van der Waals surface area contributed by atoms with Crippen molar-refractivity contribution in [1.82, 2.24) is 10.3 Å². The van der Waals surface area contributed by atoms with Gasteiger partial charge in [-0.05, 0) is 24.3 Å². The Bertz CT molecular complexity index is 903. The summed E-state index contributed by atoms with van der Waals surface area (Å²) < 4.78 is 5.28. The minimum atomic E-state index is -0.141. The Morgan fingerprint density at radius 3 is 2.83 bits per heavy atom. The maximum absolute atomic E-state index is 12.5. The summed E-state index contributed by atoms with van der Waals surface area (Å²) in [6.45, 7) is 4.05. The molecule has 2 aromatic carbocycles. The fourth-order valence-corrected chi connectivity index (χ4v) is 2.55. The molecule has 1 aromatic heterocycles. The minimum Gasteiger partial charge on any atom is -0.497 e. The average Bonchev–Trinajstić information content (AvgIpc) is 2.65. The summed E-state index contributed by atoms with van der Waals surface area (Å²) >= 11 is 0. The molecule has 4 nitrogen and oxygen atoms in total. The first kappa shape index (κ1) is 15.7. The van der Waals surface area contributed by atoms with Gasteiger partial charge in [0.25, 0.3) is 5.91 Å². The molecule has 0 fully saturated rings. The topological polar surface area (TPSA) is 51.2 Å². The number of amides is 1. The van der Waals surface area contributed by atoms with E-state index in [0.29, 0.717) is 12.1 Å². The SMILES string of the molecule is C=CCNC(=O)c1cc(-c2cccc(OC)c2)nc2ccccc12. The number of nitrogens with one attached hydrogen (secondary N) is 1. The van der Waals surface area contributed by atoms with Crippen molar-refractivity contribution in [3.05, 3.63) is 72.8 Å². The molecule has 3 rings (SSSR count). The number of carbonyl (C=O) groups is 1. The van der Waals surface area contributed by atoms with Crippen LogP contribution in [0, 0.1) is 0 Å². The van der Waals surface area contributed by atoms with Crippen LogP contribution in [0.25, 0.3) is 22.2 Å². The lowest BCUT2D eigenvalue weighted by Gasteiger charge is -2.10. The first-order valence-corrected chi connectivity index (χ1v) is 7.66. The van der Waals surface area contributed by atoms with Gasteiger partial charge in [0, 0.05) is 17.5 Å². The number of ether oxygens (including phenoxy) is 1. The summed E-state index contributed by atoms with van der Waals surface area (Å²) in [6.07, 6.45) is 1.66. The maximum atomic E-state index is 12.5. The quantitative estimate of drug-likeness (QED) is 0.728. The number of nitrogens with zero attached hydrogens (tertiary/aromatic N) is 1. The molecule has 0 unspecified atom stereocenters. The molecule has 0 radical (unpaired) electrons. The van der Waals surface area contributed by atoms with Crippen molar-refractivity contribution in [1.29, 1.82) is 0 Å². The van der Waals surface area contributed by atoms with Gasteiger partial charge in [0.1, 0.15) is 5.75 Å². The van der Waals surface area contributed by atoms with E-state index in [9.17, 15) is 4.79 Å². The standard InChI is InChI=1S/C20H18N2O2/c1-3-11-21-20(23)17-13-19(14-7-6-8-15(12-14)24-2)22-18-10-5-4-9-16(17)18/h3-10,12-13H,1,11H2,2H3,(H,21,23). The molecular formula is C20H18N2O2. The summed E-state index contributed by atoms with van der Waals surface area (Å²) in [4.78, 5) is 17.2. The number of rotatable bonds is 5. The van der Waals surface area contributed by atoms with Crippen molar-refractivity contribution >= 4 is 16.8 Å². The second kappa shape index (κ2) is 6.96. The molecule has 0 saturated heterocycles. The normalized spacial score (nSPS) is 10.4. The summed E-state index contributed by atoms with van der Waals surface area (Å²) in [7, 11) is 1.63. The molecule has 4 heteroatoms. The fourth-order valence-electron chi connectivity index (χ4n) is 2.55. The molecule has 0 aliphatic carbocycles. The lowest BCUT2D eigenvalue weighted by atomic mass is 10.0. The van der Waals surface area contributed by atoms with Gasteiger partial charge in [-0.25, -0.2) is 4.98 Å². The van der Waals surface area contributed by atoms with Crippen LogP contribution in [-0.2, 0) is 0 Å². The molecule has 1 N–H and O–H groups in total. The molecule has 1 amide bonds. The largest absolute Gasteiger partial charge is 0.497 e. The fraction of sp³-hybridized carbons (Fsp3) is 0.100. The number of aromatic nitrogens is 1. The van der Waals surface area contributed by atoms with Crippen molar-refractivity contribution < 1.29 is 9.53 Å². The van der Waals surface area contributed by atoms with Gasteiger partial charge in [-0.15, -0.1) is 6.58 Å². The lowest BCUT2D eigenvalue weighted by molar-refractivity contribution is 0.0959. The number of pyridine rings is 1. The molecule has 120 valence electrons. The number of hydrogen-bond acceptors (Lipinski definition) is 3. The van der Waals surface area contributed by atoms with Gasteiger partial charge in [-0.1, -0.05) is 36.4 Å². The van der Waals surface area contributed by atoms with E-state index < -0.39 is 0 Å². The molecule has 0 bridgehead atoms. The second-order valence-corrected chi connectivity index (χ2v) is 5.30. The van der Waals surface area contributed by atoms with Crippen LogP contribution >= 0.6 is 0 Å². The van der Waals surface area contributed by atoms with Gasteiger partial charge in [-0.2, -0.15) is 0 Å². The Labute approximate surface area is 140 Å². The zero-order valence-electron chi connectivity index (χ0n) is 13.5. The summed E-state index contributed by atoms with van der Waals surface area (Å²) in [5.74, 6) is 0.609. The third-order valence-electron chi connectivity index (χ3n) is 3.73. The van der Waals surface area contributed by atoms with Crippen LogP contribution in [0.2, 0.25) is 0 Å². The van der Waals surface area contributed by atoms with Crippen LogP contribution in [0.3, 0.4) is 0 Å². The van der Waals surface area contributed by atoms with Crippen molar-refractivity contribution in [2.24, 2.45) is 0 Å². The van der Waals surface area contributed by atoms with Crippen LogP contribution < -0.4 is 10.1 Å². The summed E-state index contributed by atoms with van der Waals surface area (Å²) in [5, 5.41) is 3.66. The summed E-state index contributed by atoms with van der Waals surface area (Å²) in [6, 6.07) is 17.1. The highest BCUT2D eigenvalue weighted by atomic mass is 16.5. The number of methoxy groups -OCH3 is 1. The third kappa shape index (κ3) is 3.13. The van der Waals surface area contributed by atoms with E-state index in [1.165, 1.54) is 0 Å². The van der Waals surface area contributed by atoms with E-state index >= 15 is 0 Å². The minimum absolute atomic E-state index is 0.141. The van der Waals surface area contributed by atoms with Gasteiger partial charge in [-0.3, -0.25) is 4.79 Å². The van der Waals surface area contributed by atoms with E-state index in [1.807, 2.05) is 54.6 Å². The van der Waals surface area contributed by atoms with Crippen LogP contribution in [-0.4, -0.2) is 24.5 Å². The number of benzene rings is 2. The molecule has 0 atom stereocenters. The number of fused-ring (bicyclic) bond motifs is 1. The van der Waals surface area contributed by atoms with Crippen molar-refractivity contribution in [2.45, 2.75) is 0 Å². The predicted octanol–water partition coefficient (Wildman–Crippen LogP) is 3.83. The van der Waals surface area contributed by atoms with Gasteiger partial charge in [0.05, 0.1) is 23.9 Å². The molecule has 0 saturated carbocycles. The van der Waals surface area contributed by atoms with Gasteiger partial charge in [0.15, 0.2) is 0 Å². The molecule has 24 heavy (non-hydrogen) atoms. The third-order valence-corrected chi connectivity index (χ3v) is 3.73. The molecular weight excluding hydrogens is 300 g/mol.